The van der Waals surface area contributed by atoms with E-state index in [4.69, 9.17) is 0 Å². The van der Waals surface area contributed by atoms with Crippen LogP contribution in [-0.2, 0) is 4.74 Å². The van der Waals surface area contributed by atoms with E-state index in [2.05, 4.69) is 9.84 Å². The maximum Gasteiger partial charge on any atom is 0.358 e. The Bertz CT molecular complexity index is 354. The van der Waals surface area contributed by atoms with E-state index in [1.54, 1.807) is 6.92 Å². The van der Waals surface area contributed by atoms with Gasteiger partial charge in [0.1, 0.15) is 0 Å². The minimum absolute atomic E-state index is 0.148. The van der Waals surface area contributed by atoms with Gasteiger partial charge in [-0.25, -0.2) is 9.48 Å². The number of rotatable bonds is 1. The highest BCUT2D eigenvalue weighted by Gasteiger charge is 2.13. The van der Waals surface area contributed by atoms with E-state index in [0.717, 1.165) is 4.68 Å². The van der Waals surface area contributed by atoms with Crippen molar-refractivity contribution in [1.82, 2.24) is 9.78 Å². The predicted octanol–water partition coefficient (Wildman–Crippen LogP) is 0.638. The summed E-state index contributed by atoms with van der Waals surface area (Å²) in [6, 6.07) is 1.51. The molecule has 0 saturated carbocycles. The van der Waals surface area contributed by atoms with Gasteiger partial charge in [-0.3, -0.25) is 4.79 Å². The molecule has 0 radical (unpaired) electrons. The Morgan fingerprint density at radius 3 is 2.54 bits per heavy atom. The number of carbonyl (C=O) groups is 2. The lowest BCUT2D eigenvalue weighted by Gasteiger charge is -1.94. The van der Waals surface area contributed by atoms with Gasteiger partial charge in [0.25, 0.3) is 0 Å². The molecule has 0 unspecified atom stereocenters. The number of methoxy groups -OCH3 is 1. The van der Waals surface area contributed by atoms with Crippen LogP contribution < -0.4 is 0 Å². The Morgan fingerprint density at radius 1 is 1.54 bits per heavy atom. The first-order valence-corrected chi connectivity index (χ1v) is 3.72. The van der Waals surface area contributed by atoms with Crippen LogP contribution >= 0.6 is 0 Å². The molecule has 1 aromatic heterocycles. The fourth-order valence-electron chi connectivity index (χ4n) is 0.998. The van der Waals surface area contributed by atoms with Gasteiger partial charge >= 0.3 is 5.97 Å². The number of nitrogens with zero attached hydrogens (tertiary/aromatic N) is 2. The Hall–Kier alpha value is -1.65. The van der Waals surface area contributed by atoms with Crippen molar-refractivity contribution in [3.8, 4) is 0 Å². The minimum atomic E-state index is -0.539. The number of hydrogen-bond acceptors (Lipinski definition) is 4. The van der Waals surface area contributed by atoms with Crippen LogP contribution in [0.15, 0.2) is 6.07 Å². The zero-order chi connectivity index (χ0) is 10.0. The second-order valence-electron chi connectivity index (χ2n) is 2.59. The molecular formula is C8H10N2O3. The summed E-state index contributed by atoms with van der Waals surface area (Å²) < 4.78 is 5.62. The van der Waals surface area contributed by atoms with Gasteiger partial charge in [-0.2, -0.15) is 5.10 Å². The van der Waals surface area contributed by atoms with Crippen LogP contribution in [0.3, 0.4) is 0 Å². The van der Waals surface area contributed by atoms with Crippen LogP contribution in [-0.4, -0.2) is 28.8 Å². The van der Waals surface area contributed by atoms with E-state index in [1.807, 2.05) is 0 Å². The van der Waals surface area contributed by atoms with E-state index >= 15 is 0 Å². The fourth-order valence-corrected chi connectivity index (χ4v) is 0.998. The highest BCUT2D eigenvalue weighted by atomic mass is 16.5. The maximum atomic E-state index is 11.0. The largest absolute Gasteiger partial charge is 0.464 e. The quantitative estimate of drug-likeness (QED) is 0.598. The smallest absolute Gasteiger partial charge is 0.358 e. The third-order valence-electron chi connectivity index (χ3n) is 1.58. The van der Waals surface area contributed by atoms with Crippen molar-refractivity contribution in [2.45, 2.75) is 13.8 Å². The minimum Gasteiger partial charge on any atom is -0.464 e. The van der Waals surface area contributed by atoms with Crippen molar-refractivity contribution in [2.24, 2.45) is 0 Å². The van der Waals surface area contributed by atoms with Gasteiger partial charge in [0, 0.05) is 12.6 Å². The van der Waals surface area contributed by atoms with Gasteiger partial charge in [0.05, 0.1) is 7.11 Å². The van der Waals surface area contributed by atoms with E-state index in [0.29, 0.717) is 5.69 Å². The molecule has 0 atom stereocenters. The predicted molar refractivity (Wildman–Crippen MR) is 44.6 cm³/mol. The van der Waals surface area contributed by atoms with Gasteiger partial charge < -0.3 is 4.74 Å². The standard InChI is InChI=1S/C8H10N2O3/c1-5-4-7(8(12)13-3)9-10(5)6(2)11/h4H,1-3H3. The molecule has 0 aliphatic carbocycles. The lowest BCUT2D eigenvalue weighted by atomic mass is 10.4. The van der Waals surface area contributed by atoms with Gasteiger partial charge in [-0.1, -0.05) is 0 Å². The Morgan fingerprint density at radius 2 is 2.15 bits per heavy atom. The number of carbonyl (C=O) groups excluding carboxylic acids is 2. The second kappa shape index (κ2) is 3.38. The molecule has 0 bridgehead atoms. The fraction of sp³-hybridized carbons (Fsp3) is 0.375. The van der Waals surface area contributed by atoms with E-state index in [1.165, 1.54) is 20.1 Å². The van der Waals surface area contributed by atoms with Crippen LogP contribution in [0, 0.1) is 6.92 Å². The Labute approximate surface area is 75.3 Å². The summed E-state index contributed by atoms with van der Waals surface area (Å²) in [5, 5.41) is 3.77. The molecule has 0 aromatic carbocycles. The lowest BCUT2D eigenvalue weighted by molar-refractivity contribution is 0.0593. The molecule has 70 valence electrons. The third-order valence-corrected chi connectivity index (χ3v) is 1.58. The van der Waals surface area contributed by atoms with Crippen LogP contribution in [0.5, 0.6) is 0 Å². The van der Waals surface area contributed by atoms with Crippen molar-refractivity contribution in [1.29, 1.82) is 0 Å². The molecule has 0 spiro atoms. The molecule has 1 rings (SSSR count). The Balaban J connectivity index is 3.09. The molecule has 0 N–H and O–H groups in total. The average Bonchev–Trinajstić information content (AvgIpc) is 2.46. The SMILES string of the molecule is COC(=O)c1cc(C)n(C(C)=O)n1. The third kappa shape index (κ3) is 1.74. The van der Waals surface area contributed by atoms with Crippen molar-refractivity contribution in [2.75, 3.05) is 7.11 Å². The second-order valence-corrected chi connectivity index (χ2v) is 2.59. The van der Waals surface area contributed by atoms with Gasteiger partial charge in [-0.15, -0.1) is 0 Å². The van der Waals surface area contributed by atoms with Gasteiger partial charge in [0.2, 0.25) is 5.91 Å². The summed E-state index contributed by atoms with van der Waals surface area (Å²) in [4.78, 5) is 21.9. The first-order valence-electron chi connectivity index (χ1n) is 3.72. The van der Waals surface area contributed by atoms with Gasteiger partial charge in [0.15, 0.2) is 5.69 Å². The normalized spacial score (nSPS) is 9.77. The Kier molecular flexibility index (Phi) is 2.46. The summed E-state index contributed by atoms with van der Waals surface area (Å²) in [6.07, 6.45) is 0. The van der Waals surface area contributed by atoms with E-state index in [-0.39, 0.29) is 11.6 Å². The molecule has 0 saturated heterocycles. The molecule has 0 amide bonds. The number of aromatic nitrogens is 2. The van der Waals surface area contributed by atoms with Crippen molar-refractivity contribution < 1.29 is 14.3 Å². The highest BCUT2D eigenvalue weighted by Crippen LogP contribution is 2.03. The molecule has 0 aliphatic heterocycles. The van der Waals surface area contributed by atoms with Crippen molar-refractivity contribution >= 4 is 11.9 Å². The highest BCUT2D eigenvalue weighted by molar-refractivity contribution is 5.88. The van der Waals surface area contributed by atoms with Crippen LogP contribution in [0.2, 0.25) is 0 Å². The first kappa shape index (κ1) is 9.44. The van der Waals surface area contributed by atoms with E-state index in [9.17, 15) is 9.59 Å². The summed E-state index contributed by atoms with van der Waals surface area (Å²) >= 11 is 0. The average molecular weight is 182 g/mol. The summed E-state index contributed by atoms with van der Waals surface area (Å²) in [7, 11) is 1.27. The van der Waals surface area contributed by atoms with Crippen LogP contribution in [0.25, 0.3) is 0 Å². The first-order chi connectivity index (χ1) is 6.06. The molecule has 13 heavy (non-hydrogen) atoms. The molecule has 5 nitrogen and oxygen atoms in total. The molecular weight excluding hydrogens is 172 g/mol. The summed E-state index contributed by atoms with van der Waals surface area (Å²) in [5.41, 5.74) is 0.767. The lowest BCUT2D eigenvalue weighted by Crippen LogP contribution is -2.11. The monoisotopic (exact) mass is 182 g/mol. The zero-order valence-corrected chi connectivity index (χ0v) is 7.70. The molecule has 1 aromatic rings. The topological polar surface area (TPSA) is 61.2 Å². The molecule has 5 heteroatoms. The van der Waals surface area contributed by atoms with E-state index < -0.39 is 5.97 Å². The molecule has 1 heterocycles. The number of esters is 1. The zero-order valence-electron chi connectivity index (χ0n) is 7.70. The summed E-state index contributed by atoms with van der Waals surface area (Å²) in [6.45, 7) is 3.07. The van der Waals surface area contributed by atoms with Crippen molar-refractivity contribution in [3.63, 3.8) is 0 Å². The maximum absolute atomic E-state index is 11.0. The van der Waals surface area contributed by atoms with Crippen LogP contribution in [0.4, 0.5) is 0 Å². The number of aryl methyl sites for hydroxylation is 1. The van der Waals surface area contributed by atoms with Gasteiger partial charge in [-0.05, 0) is 13.0 Å². The molecule has 0 aliphatic rings. The molecule has 0 fully saturated rings. The number of hydrogen-bond donors (Lipinski definition) is 0. The summed E-state index contributed by atoms with van der Waals surface area (Å²) in [5.74, 6) is -0.768. The number of ether oxygens (including phenoxy) is 1. The van der Waals surface area contributed by atoms with Crippen molar-refractivity contribution in [3.05, 3.63) is 17.5 Å². The van der Waals surface area contributed by atoms with Crippen LogP contribution in [0.1, 0.15) is 27.9 Å².